The molecule has 12 aromatic carbocycles. The Morgan fingerprint density at radius 3 is 1.39 bits per heavy atom. The summed E-state index contributed by atoms with van der Waals surface area (Å²) in [5.41, 5.74) is 22.1. The third kappa shape index (κ3) is 7.45. The predicted octanol–water partition coefficient (Wildman–Crippen LogP) is 21.6. The summed E-state index contributed by atoms with van der Waals surface area (Å²) < 4.78 is 55.9. The number of hydrogen-bond acceptors (Lipinski definition) is 0. The van der Waals surface area contributed by atoms with Crippen molar-refractivity contribution in [3.8, 4) is 28.2 Å². The Hall–Kier alpha value is -10.1. The Morgan fingerprint density at radius 1 is 0.312 bits per heavy atom. The molecule has 0 spiro atoms. The first-order valence-electron chi connectivity index (χ1n) is 35.6. The SMILES string of the molecule is [2H]c1c([2H])c([2H])c(-c2ccc3c(c2)c2cc(-n4c5ccc(C(C)(C)C)cc5c5cc(C(C)(C)C)ccc54)cc4c2n3-c2c3c(cc5c2c2cccc6c7ccccc7c7ccccc7c7ccccc7n5c62)-n2c5ccc(C(C)(C)C)cc5c5cc(C(C)(C)C)cc(c52)B34)c([2H])c1[2H]. The first kappa shape index (κ1) is 49.6. The second-order valence-corrected chi connectivity index (χ2v) is 31.0. The lowest BCUT2D eigenvalue weighted by atomic mass is 9.34. The molecule has 0 unspecified atom stereocenters. The van der Waals surface area contributed by atoms with Crippen LogP contribution in [-0.2, 0) is 21.7 Å². The summed E-state index contributed by atoms with van der Waals surface area (Å²) in [4.78, 5) is 0. The maximum atomic E-state index is 9.47. The van der Waals surface area contributed by atoms with E-state index in [1.165, 1.54) is 81.9 Å². The van der Waals surface area contributed by atoms with Crippen molar-refractivity contribution < 1.29 is 6.85 Å². The fourth-order valence-electron chi connectivity index (χ4n) is 16.7. The molecule has 5 aromatic heterocycles. The third-order valence-corrected chi connectivity index (χ3v) is 21.4. The number of aromatic nitrogens is 4. The van der Waals surface area contributed by atoms with E-state index < -0.39 is 6.04 Å². The molecule has 0 N–H and O–H groups in total. The van der Waals surface area contributed by atoms with Crippen molar-refractivity contribution in [3.63, 3.8) is 0 Å². The van der Waals surface area contributed by atoms with E-state index in [1.807, 2.05) is 6.07 Å². The molecule has 448 valence electrons. The molecular weight excluding hydrogens is 1120 g/mol. The number of benzene rings is 12. The minimum Gasteiger partial charge on any atom is -0.310 e. The van der Waals surface area contributed by atoms with Crippen LogP contribution in [0.25, 0.3) is 153 Å². The van der Waals surface area contributed by atoms with Crippen LogP contribution >= 0.6 is 0 Å². The van der Waals surface area contributed by atoms with Crippen LogP contribution in [0.3, 0.4) is 0 Å². The molecule has 0 saturated carbocycles. The highest BCUT2D eigenvalue weighted by molar-refractivity contribution is 7.00. The predicted molar refractivity (Wildman–Crippen MR) is 402 cm³/mol. The standard InChI is InChI=1S/C88H73BN4/c1-85(2,3)52-34-38-73-65(42-52)66-43-53(86(4,5)6)35-39-74(66)90(73)56-47-69-64-41-51(50-23-14-13-15-24-50)33-37-76(64)93-83(69)71(48-56)89-70-46-55(88(10,11)12)45-68-67-44-54(87(7,8)9)36-40-75(67)92(82(68)70)78-49-77-79(84(93)80(78)89)63-31-22-30-62-60-28-19-17-26-58(60)57-25-16-18-27-59(57)61-29-20-21-32-72(61)91(77)81(62)63/h13-49H,1-12H3/i13D,14D,15D,23D,24D. The average Bonchev–Trinajstić information content (AvgIpc) is 1.45. The van der Waals surface area contributed by atoms with Gasteiger partial charge in [0.2, 0.25) is 0 Å². The van der Waals surface area contributed by atoms with Crippen LogP contribution in [0.15, 0.2) is 224 Å². The minimum absolute atomic E-state index is 0.100. The molecule has 7 heterocycles. The molecule has 2 aliphatic heterocycles. The van der Waals surface area contributed by atoms with Gasteiger partial charge in [0, 0.05) is 76.3 Å². The van der Waals surface area contributed by atoms with E-state index >= 15 is 0 Å². The zero-order valence-electron chi connectivity index (χ0n) is 59.8. The van der Waals surface area contributed by atoms with Gasteiger partial charge in [-0.25, -0.2) is 0 Å². The van der Waals surface area contributed by atoms with Crippen LogP contribution in [0.5, 0.6) is 0 Å². The molecule has 2 aliphatic rings. The zero-order valence-corrected chi connectivity index (χ0v) is 54.8. The van der Waals surface area contributed by atoms with E-state index in [4.69, 9.17) is 4.11 Å². The Labute approximate surface area is 549 Å². The lowest BCUT2D eigenvalue weighted by molar-refractivity contribution is 0.590. The number of para-hydroxylation sites is 2. The highest BCUT2D eigenvalue weighted by Crippen LogP contribution is 2.49. The van der Waals surface area contributed by atoms with Crippen LogP contribution in [0.1, 0.15) is 112 Å². The molecule has 0 aliphatic carbocycles. The first-order chi connectivity index (χ1) is 46.8. The molecule has 0 radical (unpaired) electrons. The minimum atomic E-state index is -0.411. The van der Waals surface area contributed by atoms with Gasteiger partial charge < -0.3 is 18.1 Å². The van der Waals surface area contributed by atoms with Gasteiger partial charge in [-0.05, 0) is 172 Å². The van der Waals surface area contributed by atoms with Gasteiger partial charge in [0.05, 0.1) is 51.2 Å². The van der Waals surface area contributed by atoms with Crippen LogP contribution in [0, 0.1) is 0 Å². The van der Waals surface area contributed by atoms with Crippen molar-refractivity contribution in [2.75, 3.05) is 0 Å². The smallest absolute Gasteiger partial charge is 0.252 e. The van der Waals surface area contributed by atoms with Gasteiger partial charge in [-0.15, -0.1) is 0 Å². The molecule has 19 rings (SSSR count). The maximum Gasteiger partial charge on any atom is 0.252 e. The molecule has 0 saturated heterocycles. The summed E-state index contributed by atoms with van der Waals surface area (Å²) in [6, 6.07) is 72.4. The van der Waals surface area contributed by atoms with Crippen LogP contribution in [0.2, 0.25) is 0 Å². The van der Waals surface area contributed by atoms with E-state index in [1.54, 1.807) is 0 Å². The summed E-state index contributed by atoms with van der Waals surface area (Å²) >= 11 is 0. The average molecular weight is 1200 g/mol. The van der Waals surface area contributed by atoms with E-state index in [0.29, 0.717) is 5.56 Å². The fraction of sp³-hybridized carbons (Fsp3) is 0.182. The van der Waals surface area contributed by atoms with E-state index in [-0.39, 0.29) is 58.1 Å². The lowest BCUT2D eigenvalue weighted by Crippen LogP contribution is -2.59. The van der Waals surface area contributed by atoms with Crippen molar-refractivity contribution in [2.45, 2.75) is 105 Å². The van der Waals surface area contributed by atoms with E-state index in [2.05, 4.69) is 289 Å². The Morgan fingerprint density at radius 2 is 0.774 bits per heavy atom. The van der Waals surface area contributed by atoms with Gasteiger partial charge in [0.25, 0.3) is 6.71 Å². The summed E-state index contributed by atoms with van der Waals surface area (Å²) in [7, 11) is 0. The number of hydrogen-bond donors (Lipinski definition) is 0. The normalized spacial score (nSPS) is 14.3. The molecule has 0 amide bonds. The number of rotatable bonds is 2. The lowest BCUT2D eigenvalue weighted by Gasteiger charge is -2.35. The van der Waals surface area contributed by atoms with Crippen molar-refractivity contribution in [3.05, 3.63) is 247 Å². The molecule has 93 heavy (non-hydrogen) atoms. The fourth-order valence-corrected chi connectivity index (χ4v) is 16.7. The van der Waals surface area contributed by atoms with Gasteiger partial charge in [-0.1, -0.05) is 229 Å². The van der Waals surface area contributed by atoms with Crippen LogP contribution < -0.4 is 16.4 Å². The highest BCUT2D eigenvalue weighted by atomic mass is 15.1. The van der Waals surface area contributed by atoms with Crippen molar-refractivity contribution >= 4 is 148 Å². The molecule has 0 fully saturated rings. The molecule has 4 nitrogen and oxygen atoms in total. The number of fused-ring (bicyclic) bond motifs is 24. The second-order valence-electron chi connectivity index (χ2n) is 31.0. The number of nitrogens with zero attached hydrogens (tertiary/aromatic N) is 4. The molecular formula is C88H73BN4. The molecule has 17 aromatic rings. The summed E-state index contributed by atoms with van der Waals surface area (Å²) in [6.07, 6.45) is 0. The Kier molecular flexibility index (Phi) is 9.79. The van der Waals surface area contributed by atoms with Gasteiger partial charge in [0.15, 0.2) is 0 Å². The van der Waals surface area contributed by atoms with Gasteiger partial charge in [-0.2, -0.15) is 0 Å². The van der Waals surface area contributed by atoms with Crippen molar-refractivity contribution in [1.29, 1.82) is 0 Å². The van der Waals surface area contributed by atoms with Crippen molar-refractivity contribution in [2.24, 2.45) is 0 Å². The van der Waals surface area contributed by atoms with E-state index in [0.717, 1.165) is 98.9 Å². The zero-order chi connectivity index (χ0) is 67.6. The molecule has 0 atom stereocenters. The Balaban J connectivity index is 1.08. The van der Waals surface area contributed by atoms with Gasteiger partial charge in [-0.3, -0.25) is 0 Å². The quantitative estimate of drug-likeness (QED) is 0.154. The van der Waals surface area contributed by atoms with E-state index in [9.17, 15) is 2.74 Å². The first-order valence-corrected chi connectivity index (χ1v) is 33.1. The monoisotopic (exact) mass is 1200 g/mol. The van der Waals surface area contributed by atoms with Gasteiger partial charge >= 0.3 is 0 Å². The summed E-state index contributed by atoms with van der Waals surface area (Å²) in [5, 5.41) is 16.1. The van der Waals surface area contributed by atoms with Crippen LogP contribution in [-0.4, -0.2) is 24.8 Å². The highest BCUT2D eigenvalue weighted by Gasteiger charge is 2.44. The summed E-state index contributed by atoms with van der Waals surface area (Å²) in [5.74, 6) is 0. The summed E-state index contributed by atoms with van der Waals surface area (Å²) in [6.45, 7) is 27.5. The molecule has 5 heteroatoms. The van der Waals surface area contributed by atoms with Crippen molar-refractivity contribution in [1.82, 2.24) is 18.1 Å². The van der Waals surface area contributed by atoms with Gasteiger partial charge in [0.1, 0.15) is 0 Å². The molecule has 0 bridgehead atoms. The largest absolute Gasteiger partial charge is 0.310 e. The second kappa shape index (κ2) is 18.4. The maximum absolute atomic E-state index is 9.47. The van der Waals surface area contributed by atoms with Crippen LogP contribution in [0.4, 0.5) is 0 Å². The Bertz CT molecular complexity index is 6500. The topological polar surface area (TPSA) is 19.2 Å². The third-order valence-electron chi connectivity index (χ3n) is 21.4.